The highest BCUT2D eigenvalue weighted by Crippen LogP contribution is 2.05. The van der Waals surface area contributed by atoms with Gasteiger partial charge in [0.05, 0.1) is 12.6 Å². The van der Waals surface area contributed by atoms with Gasteiger partial charge < -0.3 is 37.6 Å². The number of rotatable bonds is 16. The Morgan fingerprint density at radius 1 is 0.914 bits per heavy atom. The Morgan fingerprint density at radius 2 is 1.49 bits per heavy atom. The zero-order chi connectivity index (χ0) is 26.4. The number of carboxylic acid groups (broad SMARTS) is 1. The molecule has 12 nitrogen and oxygen atoms in total. The first-order valence-electron chi connectivity index (χ1n) is 10.9. The number of hydrogen-bond donors (Lipinski definition) is 7. The van der Waals surface area contributed by atoms with Crippen molar-refractivity contribution in [2.45, 2.75) is 49.9 Å². The molecule has 0 fully saturated rings. The molecule has 0 saturated carbocycles. The van der Waals surface area contributed by atoms with E-state index < -0.39 is 60.4 Å². The second-order valence-electron chi connectivity index (χ2n) is 7.79. The zero-order valence-corrected chi connectivity index (χ0v) is 20.3. The van der Waals surface area contributed by atoms with E-state index in [0.717, 1.165) is 5.56 Å². The fourth-order valence-electron chi connectivity index (χ4n) is 3.03. The van der Waals surface area contributed by atoms with Gasteiger partial charge in [0.2, 0.25) is 23.6 Å². The van der Waals surface area contributed by atoms with Gasteiger partial charge in [-0.15, -0.1) is 0 Å². The van der Waals surface area contributed by atoms with E-state index in [9.17, 15) is 34.2 Å². The molecule has 0 aliphatic heterocycles. The van der Waals surface area contributed by atoms with Crippen LogP contribution < -0.4 is 27.4 Å². The summed E-state index contributed by atoms with van der Waals surface area (Å²) in [6.07, 6.45) is 1.72. The number of nitrogens with two attached hydrogens (primary N) is 2. The first-order valence-corrected chi connectivity index (χ1v) is 12.3. The Bertz CT molecular complexity index is 871. The van der Waals surface area contributed by atoms with E-state index in [0.29, 0.717) is 5.75 Å². The van der Waals surface area contributed by atoms with Gasteiger partial charge in [0.1, 0.15) is 18.1 Å². The number of nitrogens with one attached hydrogen (secondary N) is 3. The molecule has 0 aliphatic rings. The molecule has 0 aromatic heterocycles. The van der Waals surface area contributed by atoms with E-state index in [1.165, 1.54) is 11.8 Å². The van der Waals surface area contributed by atoms with Crippen LogP contribution in [0.1, 0.15) is 24.8 Å². The molecule has 4 unspecified atom stereocenters. The molecule has 1 rings (SSSR count). The normalized spacial score (nSPS) is 14.1. The monoisotopic (exact) mass is 511 g/mol. The minimum Gasteiger partial charge on any atom is -0.480 e. The number of carbonyl (C=O) groups excluding carboxylic acids is 4. The second-order valence-corrected chi connectivity index (χ2v) is 8.77. The van der Waals surface area contributed by atoms with Gasteiger partial charge in [-0.1, -0.05) is 30.3 Å². The molecular formula is C22H33N5O7S. The molecule has 1 aromatic carbocycles. The van der Waals surface area contributed by atoms with Crippen molar-refractivity contribution in [1.29, 1.82) is 0 Å². The van der Waals surface area contributed by atoms with E-state index in [2.05, 4.69) is 16.0 Å². The Balaban J connectivity index is 2.85. The third kappa shape index (κ3) is 11.2. The summed E-state index contributed by atoms with van der Waals surface area (Å²) in [5.74, 6) is -3.93. The highest BCUT2D eigenvalue weighted by molar-refractivity contribution is 7.98. The van der Waals surface area contributed by atoms with E-state index >= 15 is 0 Å². The Hall–Kier alpha value is -3.16. The average molecular weight is 512 g/mol. The molecule has 0 saturated heterocycles. The Kier molecular flexibility index (Phi) is 13.4. The SMILES string of the molecule is CSCCC(NC(=O)C(CO)NC(=O)C(CCC(N)=O)NC(=O)C(N)Cc1ccccc1)C(=O)O. The number of benzene rings is 1. The van der Waals surface area contributed by atoms with Crippen LogP contribution in [0.2, 0.25) is 0 Å². The molecule has 9 N–H and O–H groups in total. The highest BCUT2D eigenvalue weighted by atomic mass is 32.2. The second kappa shape index (κ2) is 15.7. The van der Waals surface area contributed by atoms with Gasteiger partial charge in [-0.25, -0.2) is 4.79 Å². The number of aliphatic hydroxyl groups is 1. The lowest BCUT2D eigenvalue weighted by molar-refractivity contribution is -0.142. The van der Waals surface area contributed by atoms with Crippen molar-refractivity contribution >= 4 is 41.4 Å². The smallest absolute Gasteiger partial charge is 0.326 e. The summed E-state index contributed by atoms with van der Waals surface area (Å²) in [6, 6.07) is 4.02. The molecule has 0 bridgehead atoms. The van der Waals surface area contributed by atoms with Gasteiger partial charge in [-0.05, 0) is 36.8 Å². The molecule has 4 amide bonds. The molecule has 194 valence electrons. The number of aliphatic hydroxyl groups excluding tert-OH is 1. The molecule has 13 heteroatoms. The molecule has 0 heterocycles. The quantitative estimate of drug-likeness (QED) is 0.132. The molecular weight excluding hydrogens is 478 g/mol. The van der Waals surface area contributed by atoms with Crippen molar-refractivity contribution in [1.82, 2.24) is 16.0 Å². The van der Waals surface area contributed by atoms with Crippen molar-refractivity contribution in [3.8, 4) is 0 Å². The van der Waals surface area contributed by atoms with Crippen molar-refractivity contribution in [2.24, 2.45) is 11.5 Å². The Labute approximate surface area is 207 Å². The molecule has 0 spiro atoms. The first kappa shape index (κ1) is 29.9. The summed E-state index contributed by atoms with van der Waals surface area (Å²) in [5.41, 5.74) is 11.9. The third-order valence-electron chi connectivity index (χ3n) is 4.99. The lowest BCUT2D eigenvalue weighted by atomic mass is 10.0. The third-order valence-corrected chi connectivity index (χ3v) is 5.63. The minimum absolute atomic E-state index is 0.144. The van der Waals surface area contributed by atoms with Gasteiger partial charge in [-0.2, -0.15) is 11.8 Å². The molecule has 35 heavy (non-hydrogen) atoms. The molecule has 0 aliphatic carbocycles. The maximum absolute atomic E-state index is 12.8. The van der Waals surface area contributed by atoms with Gasteiger partial charge in [0.25, 0.3) is 0 Å². The van der Waals surface area contributed by atoms with Crippen LogP contribution in [0.15, 0.2) is 30.3 Å². The van der Waals surface area contributed by atoms with Crippen LogP contribution >= 0.6 is 11.8 Å². The van der Waals surface area contributed by atoms with E-state index in [1.54, 1.807) is 30.5 Å². The summed E-state index contributed by atoms with van der Waals surface area (Å²) < 4.78 is 0. The lowest BCUT2D eigenvalue weighted by Crippen LogP contribution is -2.58. The van der Waals surface area contributed by atoms with Crippen LogP contribution in [-0.4, -0.2) is 82.6 Å². The molecule has 0 radical (unpaired) electrons. The maximum atomic E-state index is 12.8. The van der Waals surface area contributed by atoms with Crippen LogP contribution in [0.5, 0.6) is 0 Å². The summed E-state index contributed by atoms with van der Waals surface area (Å²) in [7, 11) is 0. The minimum atomic E-state index is -1.48. The van der Waals surface area contributed by atoms with Gasteiger partial charge >= 0.3 is 5.97 Å². The number of primary amides is 1. The number of carboxylic acids is 1. The van der Waals surface area contributed by atoms with Gasteiger partial charge in [0, 0.05) is 6.42 Å². The van der Waals surface area contributed by atoms with Crippen LogP contribution in [0.25, 0.3) is 0 Å². The summed E-state index contributed by atoms with van der Waals surface area (Å²) in [6.45, 7) is -0.823. The van der Waals surface area contributed by atoms with E-state index in [-0.39, 0.29) is 25.7 Å². The maximum Gasteiger partial charge on any atom is 0.326 e. The van der Waals surface area contributed by atoms with Crippen molar-refractivity contribution < 1.29 is 34.2 Å². The number of hydrogen-bond acceptors (Lipinski definition) is 8. The lowest BCUT2D eigenvalue weighted by Gasteiger charge is -2.24. The van der Waals surface area contributed by atoms with Gasteiger partial charge in [0.15, 0.2) is 0 Å². The zero-order valence-electron chi connectivity index (χ0n) is 19.4. The van der Waals surface area contributed by atoms with Crippen LogP contribution in [0.3, 0.4) is 0 Å². The number of amides is 4. The highest BCUT2D eigenvalue weighted by Gasteiger charge is 2.30. The first-order chi connectivity index (χ1) is 16.6. The van der Waals surface area contributed by atoms with Crippen LogP contribution in [0.4, 0.5) is 0 Å². The topological polar surface area (TPSA) is 214 Å². The standard InChI is InChI=1S/C22H33N5O7S/c1-35-10-9-16(22(33)34)26-21(32)17(12-28)27-20(31)15(7-8-18(24)29)25-19(30)14(23)11-13-5-3-2-4-6-13/h2-6,14-17,28H,7-12,23H2,1H3,(H2,24,29)(H,25,30)(H,26,32)(H,27,31)(H,33,34). The predicted molar refractivity (Wildman–Crippen MR) is 130 cm³/mol. The summed E-state index contributed by atoms with van der Waals surface area (Å²) in [4.78, 5) is 60.5. The summed E-state index contributed by atoms with van der Waals surface area (Å²) >= 11 is 1.40. The molecule has 1 aromatic rings. The van der Waals surface area contributed by atoms with Crippen molar-refractivity contribution in [2.75, 3.05) is 18.6 Å². The average Bonchev–Trinajstić information content (AvgIpc) is 2.82. The van der Waals surface area contributed by atoms with E-state index in [1.807, 2.05) is 6.07 Å². The number of thioether (sulfide) groups is 1. The molecule has 4 atom stereocenters. The van der Waals surface area contributed by atoms with Crippen LogP contribution in [-0.2, 0) is 30.4 Å². The largest absolute Gasteiger partial charge is 0.480 e. The predicted octanol–water partition coefficient (Wildman–Crippen LogP) is -1.89. The Morgan fingerprint density at radius 3 is 2.03 bits per heavy atom. The number of aliphatic carboxylic acids is 1. The fourth-order valence-corrected chi connectivity index (χ4v) is 3.50. The van der Waals surface area contributed by atoms with Crippen molar-refractivity contribution in [3.05, 3.63) is 35.9 Å². The fraction of sp³-hybridized carbons (Fsp3) is 0.500. The van der Waals surface area contributed by atoms with E-state index in [4.69, 9.17) is 11.5 Å². The number of carbonyl (C=O) groups is 5. The van der Waals surface area contributed by atoms with Crippen LogP contribution in [0, 0.1) is 0 Å². The summed E-state index contributed by atoms with van der Waals surface area (Å²) in [5, 5.41) is 25.9. The van der Waals surface area contributed by atoms with Gasteiger partial charge in [-0.3, -0.25) is 19.2 Å². The van der Waals surface area contributed by atoms with Crippen molar-refractivity contribution in [3.63, 3.8) is 0 Å².